The highest BCUT2D eigenvalue weighted by Gasteiger charge is 2.19. The van der Waals surface area contributed by atoms with E-state index in [1.165, 1.54) is 4.68 Å². The van der Waals surface area contributed by atoms with E-state index in [2.05, 4.69) is 10.4 Å². The van der Waals surface area contributed by atoms with E-state index in [0.717, 1.165) is 18.5 Å². The molecule has 9 nitrogen and oxygen atoms in total. The molecule has 3 aromatic heterocycles. The first-order chi connectivity index (χ1) is 13.0. The van der Waals surface area contributed by atoms with E-state index in [1.807, 2.05) is 4.90 Å². The van der Waals surface area contributed by atoms with Crippen LogP contribution in [-0.4, -0.2) is 50.5 Å². The van der Waals surface area contributed by atoms with Crippen molar-refractivity contribution in [2.75, 3.05) is 19.6 Å². The summed E-state index contributed by atoms with van der Waals surface area (Å²) in [6.45, 7) is 3.53. The summed E-state index contributed by atoms with van der Waals surface area (Å²) in [6.07, 6.45) is 3.77. The Morgan fingerprint density at radius 3 is 2.96 bits per heavy atom. The van der Waals surface area contributed by atoms with E-state index in [0.29, 0.717) is 42.9 Å². The third-order valence-corrected chi connectivity index (χ3v) is 4.86. The summed E-state index contributed by atoms with van der Waals surface area (Å²) in [5.41, 5.74) is 1.47. The number of carbonyl (C=O) groups excluding carboxylic acids is 2. The van der Waals surface area contributed by atoms with Crippen molar-refractivity contribution in [3.8, 4) is 0 Å². The quantitative estimate of drug-likeness (QED) is 0.642. The number of fused-ring (bicyclic) bond motifs is 3. The first kappa shape index (κ1) is 17.3. The van der Waals surface area contributed by atoms with Crippen molar-refractivity contribution in [2.24, 2.45) is 0 Å². The standard InChI is InChI=1S/C18H21N5O4/c1-12-20-22(18(26)14-10-15-13(23(12)14)5-9-27-15)11-16(24)19-6-3-8-21-7-2-4-17(21)25/h5,9-10H,2-4,6-8,11H2,1H3,(H,19,24). The summed E-state index contributed by atoms with van der Waals surface area (Å²) in [4.78, 5) is 38.2. The monoisotopic (exact) mass is 371 g/mol. The summed E-state index contributed by atoms with van der Waals surface area (Å²) in [6, 6.07) is 3.44. The molecule has 9 heteroatoms. The van der Waals surface area contributed by atoms with Gasteiger partial charge in [0, 0.05) is 38.2 Å². The highest BCUT2D eigenvalue weighted by Crippen LogP contribution is 2.19. The number of aromatic nitrogens is 3. The Labute approximate surface area is 154 Å². The maximum atomic E-state index is 12.6. The average Bonchev–Trinajstić information content (AvgIpc) is 3.32. The average molecular weight is 371 g/mol. The molecule has 142 valence electrons. The topological polar surface area (TPSA) is 102 Å². The molecule has 0 saturated carbocycles. The lowest BCUT2D eigenvalue weighted by molar-refractivity contribution is -0.127. The molecule has 3 aromatic rings. The van der Waals surface area contributed by atoms with Crippen molar-refractivity contribution in [1.29, 1.82) is 0 Å². The van der Waals surface area contributed by atoms with Crippen LogP contribution in [0.25, 0.3) is 16.6 Å². The third kappa shape index (κ3) is 3.20. The number of amides is 2. The van der Waals surface area contributed by atoms with Gasteiger partial charge in [-0.05, 0) is 19.8 Å². The van der Waals surface area contributed by atoms with Gasteiger partial charge in [-0.15, -0.1) is 0 Å². The maximum Gasteiger partial charge on any atom is 0.291 e. The molecule has 1 N–H and O–H groups in total. The molecular formula is C18H21N5O4. The fourth-order valence-corrected chi connectivity index (χ4v) is 3.57. The van der Waals surface area contributed by atoms with Crippen LogP contribution in [0.3, 0.4) is 0 Å². The van der Waals surface area contributed by atoms with Gasteiger partial charge in [0.05, 0.1) is 11.8 Å². The van der Waals surface area contributed by atoms with E-state index in [-0.39, 0.29) is 23.9 Å². The number of hydrogen-bond acceptors (Lipinski definition) is 5. The molecule has 1 saturated heterocycles. The SMILES string of the molecule is Cc1nn(CC(=O)NCCCN2CCCC2=O)c(=O)c2cc3occc3n12. The molecule has 0 unspecified atom stereocenters. The van der Waals surface area contributed by atoms with Gasteiger partial charge in [0.25, 0.3) is 5.56 Å². The molecule has 1 fully saturated rings. The Hall–Kier alpha value is -3.10. The molecular weight excluding hydrogens is 350 g/mol. The highest BCUT2D eigenvalue weighted by molar-refractivity contribution is 5.82. The number of aryl methyl sites for hydroxylation is 1. The molecule has 1 aliphatic rings. The molecule has 1 aliphatic heterocycles. The lowest BCUT2D eigenvalue weighted by atomic mass is 10.4. The van der Waals surface area contributed by atoms with Crippen molar-refractivity contribution in [3.05, 3.63) is 34.6 Å². The third-order valence-electron chi connectivity index (χ3n) is 4.86. The molecule has 0 bridgehead atoms. The van der Waals surface area contributed by atoms with Crippen LogP contribution in [-0.2, 0) is 16.1 Å². The maximum absolute atomic E-state index is 12.6. The van der Waals surface area contributed by atoms with E-state index in [4.69, 9.17) is 4.42 Å². The van der Waals surface area contributed by atoms with Crippen molar-refractivity contribution >= 4 is 28.4 Å². The van der Waals surface area contributed by atoms with Gasteiger partial charge in [-0.25, -0.2) is 4.68 Å². The Morgan fingerprint density at radius 1 is 1.33 bits per heavy atom. The second-order valence-electron chi connectivity index (χ2n) is 6.73. The minimum absolute atomic E-state index is 0.147. The number of nitrogens with zero attached hydrogens (tertiary/aromatic N) is 4. The second-order valence-corrected chi connectivity index (χ2v) is 6.73. The zero-order chi connectivity index (χ0) is 19.0. The molecule has 0 aromatic carbocycles. The number of rotatable bonds is 6. The van der Waals surface area contributed by atoms with Gasteiger partial charge in [-0.3, -0.25) is 18.8 Å². The smallest absolute Gasteiger partial charge is 0.291 e. The van der Waals surface area contributed by atoms with Gasteiger partial charge in [-0.2, -0.15) is 5.10 Å². The summed E-state index contributed by atoms with van der Waals surface area (Å²) < 4.78 is 8.24. The fourth-order valence-electron chi connectivity index (χ4n) is 3.57. The normalized spacial score (nSPS) is 14.6. The summed E-state index contributed by atoms with van der Waals surface area (Å²) in [5.74, 6) is 0.497. The molecule has 0 spiro atoms. The van der Waals surface area contributed by atoms with Gasteiger partial charge in [0.1, 0.15) is 17.9 Å². The van der Waals surface area contributed by atoms with E-state index in [9.17, 15) is 14.4 Å². The van der Waals surface area contributed by atoms with Crippen LogP contribution in [0.2, 0.25) is 0 Å². The molecule has 0 radical (unpaired) electrons. The highest BCUT2D eigenvalue weighted by atomic mass is 16.3. The molecule has 0 aliphatic carbocycles. The lowest BCUT2D eigenvalue weighted by Gasteiger charge is -2.15. The minimum Gasteiger partial charge on any atom is -0.463 e. The lowest BCUT2D eigenvalue weighted by Crippen LogP contribution is -2.36. The number of likely N-dealkylation sites (tertiary alicyclic amines) is 1. The van der Waals surface area contributed by atoms with Gasteiger partial charge in [-0.1, -0.05) is 0 Å². The molecule has 2 amide bonds. The van der Waals surface area contributed by atoms with Crippen molar-refractivity contribution < 1.29 is 14.0 Å². The van der Waals surface area contributed by atoms with Crippen LogP contribution in [0.4, 0.5) is 0 Å². The number of nitrogens with one attached hydrogen (secondary N) is 1. The second kappa shape index (κ2) is 6.90. The van der Waals surface area contributed by atoms with Crippen LogP contribution in [0.5, 0.6) is 0 Å². The van der Waals surface area contributed by atoms with Crippen LogP contribution in [0, 0.1) is 6.92 Å². The van der Waals surface area contributed by atoms with Crippen molar-refractivity contribution in [1.82, 2.24) is 24.4 Å². The predicted octanol–water partition coefficient (Wildman–Crippen LogP) is 0.679. The Bertz CT molecular complexity index is 1080. The first-order valence-electron chi connectivity index (χ1n) is 9.05. The summed E-state index contributed by atoms with van der Waals surface area (Å²) in [5, 5.41) is 7.04. The van der Waals surface area contributed by atoms with Crippen LogP contribution in [0.15, 0.2) is 27.6 Å². The van der Waals surface area contributed by atoms with E-state index in [1.54, 1.807) is 29.7 Å². The Morgan fingerprint density at radius 2 is 2.19 bits per heavy atom. The zero-order valence-electron chi connectivity index (χ0n) is 15.1. The van der Waals surface area contributed by atoms with Crippen molar-refractivity contribution in [2.45, 2.75) is 32.7 Å². The van der Waals surface area contributed by atoms with Crippen LogP contribution in [0.1, 0.15) is 25.1 Å². The van der Waals surface area contributed by atoms with Crippen LogP contribution >= 0.6 is 0 Å². The minimum atomic E-state index is -0.343. The molecule has 0 atom stereocenters. The van der Waals surface area contributed by atoms with Gasteiger partial charge in [0.15, 0.2) is 5.58 Å². The van der Waals surface area contributed by atoms with Gasteiger partial charge < -0.3 is 14.6 Å². The molecule has 4 heterocycles. The molecule has 27 heavy (non-hydrogen) atoms. The van der Waals surface area contributed by atoms with Gasteiger partial charge in [0.2, 0.25) is 11.8 Å². The largest absolute Gasteiger partial charge is 0.463 e. The number of hydrogen-bond donors (Lipinski definition) is 1. The van der Waals surface area contributed by atoms with Crippen molar-refractivity contribution in [3.63, 3.8) is 0 Å². The first-order valence-corrected chi connectivity index (χ1v) is 9.05. The predicted molar refractivity (Wildman–Crippen MR) is 97.4 cm³/mol. The Balaban J connectivity index is 1.40. The fraction of sp³-hybridized carbons (Fsp3) is 0.444. The molecule has 4 rings (SSSR count). The van der Waals surface area contributed by atoms with Gasteiger partial charge >= 0.3 is 0 Å². The van der Waals surface area contributed by atoms with E-state index < -0.39 is 0 Å². The number of carbonyl (C=O) groups is 2. The van der Waals surface area contributed by atoms with E-state index >= 15 is 0 Å². The summed E-state index contributed by atoms with van der Waals surface area (Å²) in [7, 11) is 0. The van der Waals surface area contributed by atoms with Crippen LogP contribution < -0.4 is 10.9 Å². The Kier molecular flexibility index (Phi) is 4.43. The number of furan rings is 1. The summed E-state index contributed by atoms with van der Waals surface area (Å²) >= 11 is 0. The zero-order valence-corrected chi connectivity index (χ0v) is 15.1.